The van der Waals surface area contributed by atoms with Crippen LogP contribution in [-0.4, -0.2) is 22.6 Å². The van der Waals surface area contributed by atoms with E-state index < -0.39 is 0 Å². The Bertz CT molecular complexity index is 423. The zero-order chi connectivity index (χ0) is 9.97. The smallest absolute Gasteiger partial charge is 0.147 e. The zero-order valence-corrected chi connectivity index (χ0v) is 8.71. The summed E-state index contributed by atoms with van der Waals surface area (Å²) < 4.78 is 1.09. The van der Waals surface area contributed by atoms with Crippen molar-refractivity contribution in [2.75, 3.05) is 11.9 Å². The van der Waals surface area contributed by atoms with Crippen molar-refractivity contribution in [2.45, 2.75) is 13.0 Å². The lowest BCUT2D eigenvalue weighted by atomic mass is 10.3. The van der Waals surface area contributed by atoms with Crippen LogP contribution in [-0.2, 0) is 0 Å². The number of thiophene rings is 1. The molecule has 5 heteroatoms. The van der Waals surface area contributed by atoms with Gasteiger partial charge in [0.15, 0.2) is 0 Å². The van der Waals surface area contributed by atoms with Crippen molar-refractivity contribution >= 4 is 27.4 Å². The maximum atomic E-state index is 5.66. The van der Waals surface area contributed by atoms with Gasteiger partial charge in [-0.05, 0) is 18.4 Å². The number of aromatic nitrogens is 2. The van der Waals surface area contributed by atoms with Crippen LogP contribution < -0.4 is 11.1 Å². The first-order chi connectivity index (χ1) is 6.77. The Hall–Kier alpha value is -1.20. The highest BCUT2D eigenvalue weighted by molar-refractivity contribution is 7.17. The van der Waals surface area contributed by atoms with Gasteiger partial charge in [-0.15, -0.1) is 11.3 Å². The molecule has 0 aliphatic rings. The van der Waals surface area contributed by atoms with E-state index in [0.29, 0.717) is 0 Å². The van der Waals surface area contributed by atoms with Gasteiger partial charge in [-0.2, -0.15) is 0 Å². The summed E-state index contributed by atoms with van der Waals surface area (Å²) in [7, 11) is 0. The summed E-state index contributed by atoms with van der Waals surface area (Å²) in [6.07, 6.45) is 1.57. The van der Waals surface area contributed by atoms with Gasteiger partial charge in [0, 0.05) is 12.6 Å². The van der Waals surface area contributed by atoms with Crippen molar-refractivity contribution in [3.8, 4) is 0 Å². The molecule has 2 aromatic rings. The van der Waals surface area contributed by atoms with E-state index in [0.717, 1.165) is 22.6 Å². The fourth-order valence-corrected chi connectivity index (χ4v) is 1.98. The monoisotopic (exact) mass is 208 g/mol. The minimum absolute atomic E-state index is 0.125. The molecule has 0 aliphatic heterocycles. The van der Waals surface area contributed by atoms with Gasteiger partial charge in [-0.25, -0.2) is 9.97 Å². The Balaban J connectivity index is 2.27. The summed E-state index contributed by atoms with van der Waals surface area (Å²) >= 11 is 1.64. The summed E-state index contributed by atoms with van der Waals surface area (Å²) in [5.74, 6) is 0.877. The highest BCUT2D eigenvalue weighted by Gasteiger charge is 2.04. The van der Waals surface area contributed by atoms with Crippen molar-refractivity contribution in [3.05, 3.63) is 17.8 Å². The first-order valence-electron chi connectivity index (χ1n) is 4.45. The lowest BCUT2D eigenvalue weighted by molar-refractivity contribution is 0.778. The van der Waals surface area contributed by atoms with Crippen LogP contribution in [0.2, 0.25) is 0 Å². The normalized spacial score (nSPS) is 13.0. The van der Waals surface area contributed by atoms with Crippen LogP contribution in [0, 0.1) is 0 Å². The molecule has 0 radical (unpaired) electrons. The van der Waals surface area contributed by atoms with Crippen LogP contribution in [0.5, 0.6) is 0 Å². The molecular formula is C9H12N4S. The molecule has 1 unspecified atom stereocenters. The predicted octanol–water partition coefficient (Wildman–Crippen LogP) is 1.45. The number of rotatable bonds is 3. The van der Waals surface area contributed by atoms with Crippen LogP contribution >= 0.6 is 11.3 Å². The second-order valence-electron chi connectivity index (χ2n) is 3.22. The van der Waals surface area contributed by atoms with Crippen LogP contribution in [0.4, 0.5) is 5.82 Å². The second-order valence-corrected chi connectivity index (χ2v) is 4.13. The van der Waals surface area contributed by atoms with Gasteiger partial charge in [0.1, 0.15) is 12.1 Å². The van der Waals surface area contributed by atoms with Crippen LogP contribution in [0.3, 0.4) is 0 Å². The molecule has 0 aliphatic carbocycles. The number of anilines is 1. The SMILES string of the molecule is CC(N)CNc1ncnc2ccsc12. The van der Waals surface area contributed by atoms with Crippen molar-refractivity contribution in [3.63, 3.8) is 0 Å². The van der Waals surface area contributed by atoms with E-state index >= 15 is 0 Å². The van der Waals surface area contributed by atoms with Gasteiger partial charge in [0.2, 0.25) is 0 Å². The average molecular weight is 208 g/mol. The molecule has 0 spiro atoms. The van der Waals surface area contributed by atoms with Crippen LogP contribution in [0.25, 0.3) is 10.2 Å². The summed E-state index contributed by atoms with van der Waals surface area (Å²) in [4.78, 5) is 8.34. The third-order valence-corrected chi connectivity index (χ3v) is 2.75. The fraction of sp³-hybridized carbons (Fsp3) is 0.333. The molecule has 4 nitrogen and oxygen atoms in total. The van der Waals surface area contributed by atoms with Gasteiger partial charge in [-0.3, -0.25) is 0 Å². The molecule has 0 bridgehead atoms. The summed E-state index contributed by atoms with van der Waals surface area (Å²) in [5.41, 5.74) is 6.64. The molecule has 74 valence electrons. The first-order valence-corrected chi connectivity index (χ1v) is 5.33. The van der Waals surface area contributed by atoms with E-state index in [1.165, 1.54) is 0 Å². The van der Waals surface area contributed by atoms with E-state index in [9.17, 15) is 0 Å². The molecule has 2 aromatic heterocycles. The maximum absolute atomic E-state index is 5.66. The Kier molecular flexibility index (Phi) is 2.60. The Morgan fingerprint density at radius 2 is 2.43 bits per heavy atom. The third-order valence-electron chi connectivity index (χ3n) is 1.83. The summed E-state index contributed by atoms with van der Waals surface area (Å²) in [6.45, 7) is 2.68. The number of nitrogens with two attached hydrogens (primary N) is 1. The molecule has 0 amide bonds. The number of hydrogen-bond donors (Lipinski definition) is 2. The number of hydrogen-bond acceptors (Lipinski definition) is 5. The predicted molar refractivity (Wildman–Crippen MR) is 59.6 cm³/mol. The van der Waals surface area contributed by atoms with Crippen LogP contribution in [0.15, 0.2) is 17.8 Å². The fourth-order valence-electron chi connectivity index (χ4n) is 1.17. The van der Waals surface area contributed by atoms with Gasteiger partial charge >= 0.3 is 0 Å². The molecular weight excluding hydrogens is 196 g/mol. The van der Waals surface area contributed by atoms with Gasteiger partial charge in [0.05, 0.1) is 10.2 Å². The average Bonchev–Trinajstić information content (AvgIpc) is 2.62. The molecule has 14 heavy (non-hydrogen) atoms. The Morgan fingerprint density at radius 1 is 1.57 bits per heavy atom. The number of nitrogens with zero attached hydrogens (tertiary/aromatic N) is 2. The molecule has 0 saturated heterocycles. The number of nitrogens with one attached hydrogen (secondary N) is 1. The van der Waals surface area contributed by atoms with E-state index in [-0.39, 0.29) is 6.04 Å². The summed E-state index contributed by atoms with van der Waals surface area (Å²) in [6, 6.07) is 2.11. The molecule has 0 aromatic carbocycles. The standard InChI is InChI=1S/C9H12N4S/c1-6(10)4-11-9-8-7(2-3-14-8)12-5-13-9/h2-3,5-6H,4,10H2,1H3,(H,11,12,13). The zero-order valence-electron chi connectivity index (χ0n) is 7.90. The molecule has 3 N–H and O–H groups in total. The molecule has 2 rings (SSSR count). The lowest BCUT2D eigenvalue weighted by Gasteiger charge is -2.07. The van der Waals surface area contributed by atoms with Gasteiger partial charge in [0.25, 0.3) is 0 Å². The highest BCUT2D eigenvalue weighted by Crippen LogP contribution is 2.24. The molecule has 0 fully saturated rings. The number of fused-ring (bicyclic) bond motifs is 1. The van der Waals surface area contributed by atoms with E-state index in [4.69, 9.17) is 5.73 Å². The topological polar surface area (TPSA) is 63.8 Å². The third kappa shape index (κ3) is 1.83. The van der Waals surface area contributed by atoms with E-state index in [1.54, 1.807) is 17.7 Å². The Morgan fingerprint density at radius 3 is 3.21 bits per heavy atom. The Labute approximate surface area is 86.2 Å². The summed E-state index contributed by atoms with van der Waals surface area (Å²) in [5, 5.41) is 5.22. The largest absolute Gasteiger partial charge is 0.367 e. The van der Waals surface area contributed by atoms with Gasteiger partial charge < -0.3 is 11.1 Å². The van der Waals surface area contributed by atoms with Crippen molar-refractivity contribution in [1.82, 2.24) is 9.97 Å². The van der Waals surface area contributed by atoms with E-state index in [1.807, 2.05) is 18.4 Å². The minimum atomic E-state index is 0.125. The first kappa shape index (κ1) is 9.36. The van der Waals surface area contributed by atoms with E-state index in [2.05, 4.69) is 15.3 Å². The van der Waals surface area contributed by atoms with Gasteiger partial charge in [-0.1, -0.05) is 0 Å². The quantitative estimate of drug-likeness (QED) is 0.801. The lowest BCUT2D eigenvalue weighted by Crippen LogP contribution is -2.25. The molecule has 1 atom stereocenters. The van der Waals surface area contributed by atoms with Crippen molar-refractivity contribution in [2.24, 2.45) is 5.73 Å². The maximum Gasteiger partial charge on any atom is 0.147 e. The molecule has 2 heterocycles. The second kappa shape index (κ2) is 3.89. The molecule has 0 saturated carbocycles. The van der Waals surface area contributed by atoms with Crippen molar-refractivity contribution in [1.29, 1.82) is 0 Å². The minimum Gasteiger partial charge on any atom is -0.367 e. The highest BCUT2D eigenvalue weighted by atomic mass is 32.1. The van der Waals surface area contributed by atoms with Crippen LogP contribution in [0.1, 0.15) is 6.92 Å². The van der Waals surface area contributed by atoms with Crippen molar-refractivity contribution < 1.29 is 0 Å².